The molecule has 5 rings (SSSR count). The Morgan fingerprint density at radius 3 is 2.46 bits per heavy atom. The number of aromatic amines is 1. The van der Waals surface area contributed by atoms with E-state index in [4.69, 9.17) is 4.55 Å². The molecule has 1 aromatic carbocycles. The van der Waals surface area contributed by atoms with Crippen LogP contribution in [0.2, 0.25) is 0 Å². The Bertz CT molecular complexity index is 1660. The molecule has 0 radical (unpaired) electrons. The molecule has 0 amide bonds. The lowest BCUT2D eigenvalue weighted by molar-refractivity contribution is 0.0719. The molecule has 1 aliphatic heterocycles. The third-order valence-corrected chi connectivity index (χ3v) is 8.76. The second kappa shape index (κ2) is 10.0. The number of fused-ring (bicyclic) bond motifs is 1. The van der Waals surface area contributed by atoms with Gasteiger partial charge in [-0.05, 0) is 32.0 Å². The average Bonchev–Trinajstić information content (AvgIpc) is 3.51. The monoisotopic (exact) mass is 543 g/mol. The fourth-order valence-corrected chi connectivity index (χ4v) is 5.71. The number of aryl methyl sites for hydroxylation is 1. The van der Waals surface area contributed by atoms with E-state index in [9.17, 15) is 22.1 Å². The predicted molar refractivity (Wildman–Crippen MR) is 135 cm³/mol. The van der Waals surface area contributed by atoms with E-state index >= 15 is 0 Å². The topological polar surface area (TPSA) is 175 Å². The number of hydrogen-bond donors (Lipinski definition) is 2. The van der Waals surface area contributed by atoms with Crippen LogP contribution in [-0.2, 0) is 25.7 Å². The van der Waals surface area contributed by atoms with Crippen LogP contribution in [0.5, 0.6) is 0 Å². The molecule has 37 heavy (non-hydrogen) atoms. The molecule has 0 spiro atoms. The highest BCUT2D eigenvalue weighted by atomic mass is 32.2. The van der Waals surface area contributed by atoms with Gasteiger partial charge in [-0.15, -0.1) is 0 Å². The van der Waals surface area contributed by atoms with E-state index in [0.29, 0.717) is 0 Å². The van der Waals surface area contributed by atoms with Gasteiger partial charge in [0.15, 0.2) is 0 Å². The van der Waals surface area contributed by atoms with E-state index in [1.807, 2.05) is 19.2 Å². The van der Waals surface area contributed by atoms with Gasteiger partial charge in [0.1, 0.15) is 17.5 Å². The summed E-state index contributed by atoms with van der Waals surface area (Å²) < 4.78 is 56.7. The Balaban J connectivity index is 0.000000245. The number of H-pyrrole nitrogens is 1. The summed E-state index contributed by atoms with van der Waals surface area (Å²) in [5, 5.41) is 14.5. The van der Waals surface area contributed by atoms with E-state index in [-0.39, 0.29) is 30.2 Å². The number of nitrogens with zero attached hydrogens (tertiary/aromatic N) is 6. The first kappa shape index (κ1) is 26.4. The minimum absolute atomic E-state index is 0.0480. The molecule has 1 aliphatic rings. The SMILES string of the molecule is CCS(=O)(=O)N1CC(CC#N)(n2cc(-c3ncnc4[nH]ccc34)cn2)C1.Cc1ccc(S(=O)(=O)O)cc1. The van der Waals surface area contributed by atoms with Gasteiger partial charge in [0, 0.05) is 36.4 Å². The van der Waals surface area contributed by atoms with Gasteiger partial charge in [-0.25, -0.2) is 18.4 Å². The van der Waals surface area contributed by atoms with Gasteiger partial charge in [-0.2, -0.15) is 23.1 Å². The minimum atomic E-state index is -4.02. The van der Waals surface area contributed by atoms with Crippen molar-refractivity contribution in [3.63, 3.8) is 0 Å². The van der Waals surface area contributed by atoms with E-state index in [0.717, 1.165) is 27.9 Å². The van der Waals surface area contributed by atoms with Crippen molar-refractivity contribution in [3.8, 4) is 17.3 Å². The molecule has 4 heterocycles. The van der Waals surface area contributed by atoms with Crippen LogP contribution in [0.4, 0.5) is 0 Å². The normalized spacial score (nSPS) is 15.4. The molecule has 1 fully saturated rings. The molecular weight excluding hydrogens is 518 g/mol. The number of hydrogen-bond acceptors (Lipinski definition) is 8. The van der Waals surface area contributed by atoms with E-state index in [1.54, 1.807) is 36.1 Å². The van der Waals surface area contributed by atoms with Crippen molar-refractivity contribution in [2.45, 2.75) is 30.7 Å². The average molecular weight is 544 g/mol. The van der Waals surface area contributed by atoms with Crippen LogP contribution in [-0.4, -0.2) is 69.3 Å². The molecule has 0 unspecified atom stereocenters. The van der Waals surface area contributed by atoms with Gasteiger partial charge in [0.05, 0.1) is 35.0 Å². The minimum Gasteiger partial charge on any atom is -0.346 e. The van der Waals surface area contributed by atoms with Crippen LogP contribution in [0.1, 0.15) is 18.9 Å². The number of benzene rings is 1. The van der Waals surface area contributed by atoms with Crippen molar-refractivity contribution in [2.24, 2.45) is 0 Å². The third-order valence-electron chi connectivity index (χ3n) is 6.12. The molecule has 0 bridgehead atoms. The van der Waals surface area contributed by atoms with Crippen LogP contribution in [0.25, 0.3) is 22.3 Å². The molecule has 2 N–H and O–H groups in total. The molecule has 3 aromatic heterocycles. The van der Waals surface area contributed by atoms with Crippen LogP contribution in [0, 0.1) is 18.3 Å². The summed E-state index contributed by atoms with van der Waals surface area (Å²) in [4.78, 5) is 11.5. The largest absolute Gasteiger partial charge is 0.346 e. The summed E-state index contributed by atoms with van der Waals surface area (Å²) in [7, 11) is -7.29. The lowest BCUT2D eigenvalue weighted by Crippen LogP contribution is -2.64. The summed E-state index contributed by atoms with van der Waals surface area (Å²) in [6.45, 7) is 3.96. The summed E-state index contributed by atoms with van der Waals surface area (Å²) in [6, 6.07) is 10.0. The van der Waals surface area contributed by atoms with Gasteiger partial charge in [0.25, 0.3) is 10.1 Å². The van der Waals surface area contributed by atoms with Crippen LogP contribution < -0.4 is 0 Å². The van der Waals surface area contributed by atoms with E-state index in [2.05, 4.69) is 26.1 Å². The molecular formula is C23H25N7O5S2. The van der Waals surface area contributed by atoms with Crippen molar-refractivity contribution < 1.29 is 21.4 Å². The highest BCUT2D eigenvalue weighted by Gasteiger charge is 2.49. The Kier molecular flexibility index (Phi) is 7.16. The first-order chi connectivity index (χ1) is 17.5. The maximum Gasteiger partial charge on any atom is 0.294 e. The summed E-state index contributed by atoms with van der Waals surface area (Å²) in [6.07, 6.45) is 6.97. The molecule has 14 heteroatoms. The van der Waals surface area contributed by atoms with Gasteiger partial charge < -0.3 is 4.98 Å². The maximum absolute atomic E-state index is 12.0. The summed E-state index contributed by atoms with van der Waals surface area (Å²) in [5.74, 6) is 0.0480. The van der Waals surface area contributed by atoms with Gasteiger partial charge in [-0.3, -0.25) is 9.23 Å². The van der Waals surface area contributed by atoms with Crippen LogP contribution in [0.15, 0.2) is 60.1 Å². The number of nitrogens with one attached hydrogen (secondary N) is 1. The zero-order chi connectivity index (χ0) is 26.8. The quantitative estimate of drug-likeness (QED) is 0.346. The first-order valence-corrected chi connectivity index (χ1v) is 14.3. The Hall–Kier alpha value is -3.64. The Morgan fingerprint density at radius 2 is 1.84 bits per heavy atom. The molecule has 12 nitrogen and oxygen atoms in total. The number of aromatic nitrogens is 5. The molecule has 0 saturated carbocycles. The standard InChI is InChI=1S/C16H17N7O2S.C7H8O3S/c1-2-26(24,25)22-9-16(10-22,4-5-17)23-8-12(7-21-23)14-13-3-6-18-15(13)20-11-19-14;1-6-2-4-7(5-3-6)11(8,9)10/h3,6-8,11H,2,4,9-10H2,1H3,(H,18,19,20);2-5H,1H3,(H,8,9,10). The zero-order valence-corrected chi connectivity index (χ0v) is 21.7. The number of sulfonamides is 1. The lowest BCUT2D eigenvalue weighted by atomic mass is 9.89. The highest BCUT2D eigenvalue weighted by molar-refractivity contribution is 7.89. The second-order valence-electron chi connectivity index (χ2n) is 8.65. The third kappa shape index (κ3) is 5.39. The Labute approximate surface area is 214 Å². The van der Waals surface area contributed by atoms with Gasteiger partial charge >= 0.3 is 0 Å². The fourth-order valence-electron chi connectivity index (χ4n) is 3.99. The second-order valence-corrected chi connectivity index (χ2v) is 12.3. The van der Waals surface area contributed by atoms with Crippen LogP contribution >= 0.6 is 0 Å². The lowest BCUT2D eigenvalue weighted by Gasteiger charge is -2.47. The molecule has 0 aliphatic carbocycles. The molecule has 0 atom stereocenters. The van der Waals surface area contributed by atoms with Crippen molar-refractivity contribution in [1.29, 1.82) is 5.26 Å². The predicted octanol–water partition coefficient (Wildman–Crippen LogP) is 2.34. The van der Waals surface area contributed by atoms with Gasteiger partial charge in [-0.1, -0.05) is 17.7 Å². The van der Waals surface area contributed by atoms with Gasteiger partial charge in [0.2, 0.25) is 10.0 Å². The zero-order valence-electron chi connectivity index (χ0n) is 20.1. The number of nitriles is 1. The smallest absolute Gasteiger partial charge is 0.294 e. The first-order valence-electron chi connectivity index (χ1n) is 11.2. The van der Waals surface area contributed by atoms with E-state index < -0.39 is 25.7 Å². The molecule has 194 valence electrons. The Morgan fingerprint density at radius 1 is 1.14 bits per heavy atom. The van der Waals surface area contributed by atoms with Crippen molar-refractivity contribution >= 4 is 31.2 Å². The molecule has 1 saturated heterocycles. The summed E-state index contributed by atoms with van der Waals surface area (Å²) in [5.41, 5.74) is 2.59. The fraction of sp³-hybridized carbons (Fsp3) is 0.304. The number of rotatable bonds is 6. The summed E-state index contributed by atoms with van der Waals surface area (Å²) >= 11 is 0. The van der Waals surface area contributed by atoms with Crippen molar-refractivity contribution in [2.75, 3.05) is 18.8 Å². The van der Waals surface area contributed by atoms with Crippen molar-refractivity contribution in [1.82, 2.24) is 29.0 Å². The van der Waals surface area contributed by atoms with Crippen LogP contribution in [0.3, 0.4) is 0 Å². The van der Waals surface area contributed by atoms with E-state index in [1.165, 1.54) is 22.8 Å². The maximum atomic E-state index is 12.0. The highest BCUT2D eigenvalue weighted by Crippen LogP contribution is 2.35. The van der Waals surface area contributed by atoms with Crippen molar-refractivity contribution in [3.05, 3.63) is 60.8 Å². The molecule has 4 aromatic rings.